The highest BCUT2D eigenvalue weighted by Gasteiger charge is 1.93. The van der Waals surface area contributed by atoms with Gasteiger partial charge < -0.3 is 5.48 Å². The Bertz CT molecular complexity index is 421. The minimum Gasteiger partial charge on any atom is -0.412 e. The summed E-state index contributed by atoms with van der Waals surface area (Å²) in [6.45, 7) is 0. The van der Waals surface area contributed by atoms with Gasteiger partial charge in [-0.25, -0.2) is 8.78 Å². The first-order valence-corrected chi connectivity index (χ1v) is 14.5. The zero-order valence-corrected chi connectivity index (χ0v) is 16.0. The Kier molecular flexibility index (Phi) is 11.9. The largest absolute Gasteiger partial charge is 0.506 e. The molecule has 0 aliphatic heterocycles. The Morgan fingerprint density at radius 2 is 0.895 bits per heavy atom. The lowest BCUT2D eigenvalue weighted by Crippen LogP contribution is -2.06. The summed E-state index contributed by atoms with van der Waals surface area (Å²) in [6.07, 6.45) is 0. The molecule has 0 unspecified atom stereocenters. The van der Waals surface area contributed by atoms with Gasteiger partial charge in [-0.05, 0) is 24.3 Å². The van der Waals surface area contributed by atoms with Crippen LogP contribution in [0.25, 0.3) is 0 Å². The zero-order chi connectivity index (χ0) is 13.4. The van der Waals surface area contributed by atoms with Crippen LogP contribution in [0.2, 0.25) is 0 Å². The average molecular weight is 417 g/mol. The SMILES string of the molecule is Fc1cc[c]([Mg][Br])cc1.Fc1cc[c]([Mg][Br])cc1.O. The van der Waals surface area contributed by atoms with Crippen molar-refractivity contribution in [2.75, 3.05) is 0 Å². The van der Waals surface area contributed by atoms with Crippen molar-refractivity contribution in [3.8, 4) is 0 Å². The van der Waals surface area contributed by atoms with E-state index in [0.717, 1.165) is 0 Å². The van der Waals surface area contributed by atoms with Gasteiger partial charge in [-0.3, -0.25) is 25.8 Å². The molecule has 7 heteroatoms. The number of benzene rings is 2. The summed E-state index contributed by atoms with van der Waals surface area (Å²) in [7, 11) is 0. The van der Waals surface area contributed by atoms with Crippen LogP contribution in [0.4, 0.5) is 8.78 Å². The van der Waals surface area contributed by atoms with E-state index in [2.05, 4.69) is 25.8 Å². The van der Waals surface area contributed by atoms with Crippen LogP contribution in [0.15, 0.2) is 48.5 Å². The number of hydrogen-bond donors (Lipinski definition) is 0. The Labute approximate surface area is 142 Å². The van der Waals surface area contributed by atoms with Gasteiger partial charge >= 0.3 is 36.4 Å². The predicted octanol–water partition coefficient (Wildman–Crippen LogP) is 2.11. The van der Waals surface area contributed by atoms with Gasteiger partial charge in [-0.15, -0.1) is 0 Å². The highest BCUT2D eigenvalue weighted by atomic mass is 79.9. The standard InChI is InChI=1S/2C6H4F.2BrH.2Mg.H2O/c2*7-6-4-2-1-3-5-6;;;;;/h2*2-5H;2*1H;;;1H2/q;;;;2*+1;/p-2. The molecule has 0 spiro atoms. The van der Waals surface area contributed by atoms with Crippen LogP contribution in [0.3, 0.4) is 0 Å². The summed E-state index contributed by atoms with van der Waals surface area (Å²) in [6, 6.07) is 13.2. The van der Waals surface area contributed by atoms with E-state index in [0.29, 0.717) is 0 Å². The van der Waals surface area contributed by atoms with Gasteiger partial charge in [0.25, 0.3) is 0 Å². The van der Waals surface area contributed by atoms with Crippen molar-refractivity contribution in [3.63, 3.8) is 0 Å². The molecule has 0 atom stereocenters. The lowest BCUT2D eigenvalue weighted by Gasteiger charge is -1.90. The Morgan fingerprint density at radius 1 is 0.632 bits per heavy atom. The maximum absolute atomic E-state index is 12.2. The molecule has 0 bridgehead atoms. The minimum atomic E-state index is -0.279. The van der Waals surface area contributed by atoms with E-state index in [4.69, 9.17) is 0 Å². The van der Waals surface area contributed by atoms with Gasteiger partial charge in [0.1, 0.15) is 11.6 Å². The normalized spacial score (nSPS) is 8.21. The fourth-order valence-electron chi connectivity index (χ4n) is 1.15. The second-order valence-electron chi connectivity index (χ2n) is 3.52. The lowest BCUT2D eigenvalue weighted by molar-refractivity contribution is 0.628. The maximum Gasteiger partial charge on any atom is 0.506 e. The van der Waals surface area contributed by atoms with Crippen LogP contribution < -0.4 is 7.39 Å². The molecule has 2 N–H and O–H groups in total. The van der Waals surface area contributed by atoms with Gasteiger partial charge in [0.05, 0.1) is 0 Å². The van der Waals surface area contributed by atoms with Crippen molar-refractivity contribution < 1.29 is 14.3 Å². The van der Waals surface area contributed by atoms with Crippen LogP contribution in [-0.2, 0) is 0 Å². The molecule has 19 heavy (non-hydrogen) atoms. The first kappa shape index (κ1) is 19.8. The molecule has 1 nitrogen and oxygen atoms in total. The summed E-state index contributed by atoms with van der Waals surface area (Å²) in [5.74, 6) is -0.317. The van der Waals surface area contributed by atoms with Crippen molar-refractivity contribution in [1.29, 1.82) is 0 Å². The van der Waals surface area contributed by atoms with Crippen LogP contribution in [0.5, 0.6) is 0 Å². The van der Waals surface area contributed by atoms with Crippen molar-refractivity contribution in [2.45, 2.75) is 0 Å². The number of hydrogen-bond acceptors (Lipinski definition) is 0. The monoisotopic (exact) mass is 414 g/mol. The van der Waals surface area contributed by atoms with Gasteiger partial charge in [-0.1, -0.05) is 24.3 Å². The smallest absolute Gasteiger partial charge is 0.412 e. The molecule has 0 saturated carbocycles. The third kappa shape index (κ3) is 8.59. The van der Waals surface area contributed by atoms with E-state index in [1.807, 2.05) is 24.3 Å². The van der Waals surface area contributed by atoms with E-state index in [1.165, 1.54) is 31.7 Å². The van der Waals surface area contributed by atoms with E-state index >= 15 is 0 Å². The van der Waals surface area contributed by atoms with Gasteiger partial charge in [0.15, 0.2) is 0 Å². The Morgan fingerprint density at radius 3 is 1.11 bits per heavy atom. The second kappa shape index (κ2) is 11.4. The van der Waals surface area contributed by atoms with E-state index in [1.54, 1.807) is 0 Å². The van der Waals surface area contributed by atoms with Gasteiger partial charge in [0.2, 0.25) is 0 Å². The predicted molar refractivity (Wildman–Crippen MR) is 85.0 cm³/mol. The lowest BCUT2D eigenvalue weighted by atomic mass is 10.3. The van der Waals surface area contributed by atoms with E-state index < -0.39 is 0 Å². The second-order valence-corrected chi connectivity index (χ2v) is 9.05. The fourth-order valence-corrected chi connectivity index (χ4v) is 4.22. The first-order chi connectivity index (χ1) is 8.65. The first-order valence-electron chi connectivity index (χ1n) is 5.26. The van der Waals surface area contributed by atoms with Crippen molar-refractivity contribution >= 4 is 69.5 Å². The summed E-state index contributed by atoms with van der Waals surface area (Å²) >= 11 is 6.24. The molecule has 2 rings (SSSR count). The molecule has 0 amide bonds. The third-order valence-electron chi connectivity index (χ3n) is 2.14. The Hall–Kier alpha value is 0.752. The minimum absolute atomic E-state index is 0. The Balaban J connectivity index is 0.000000324. The molecule has 0 fully saturated rings. The molecule has 0 heterocycles. The van der Waals surface area contributed by atoms with Crippen LogP contribution in [0, 0.1) is 11.6 Å². The molecular formula is C12H10Br2F2Mg2O. The molecule has 0 radical (unpaired) electrons. The van der Waals surface area contributed by atoms with Crippen molar-refractivity contribution in [1.82, 2.24) is 0 Å². The molecule has 0 saturated heterocycles. The summed E-state index contributed by atoms with van der Waals surface area (Å²) in [4.78, 5) is 0. The molecule has 96 valence electrons. The van der Waals surface area contributed by atoms with Crippen molar-refractivity contribution in [2.24, 2.45) is 0 Å². The van der Waals surface area contributed by atoms with E-state index in [-0.39, 0.29) is 53.5 Å². The molecule has 0 aliphatic rings. The quantitative estimate of drug-likeness (QED) is 0.672. The van der Waals surface area contributed by atoms with Gasteiger partial charge in [0, 0.05) is 0 Å². The van der Waals surface area contributed by atoms with Crippen LogP contribution >= 0.6 is 25.8 Å². The zero-order valence-electron chi connectivity index (χ0n) is 10.0. The maximum atomic E-state index is 12.2. The summed E-state index contributed by atoms with van der Waals surface area (Å²) in [5.41, 5.74) is 0. The summed E-state index contributed by atoms with van der Waals surface area (Å²) < 4.78 is 26.9. The molecule has 0 aromatic heterocycles. The average Bonchev–Trinajstić information content (AvgIpc) is 2.41. The number of halogens is 4. The van der Waals surface area contributed by atoms with Crippen LogP contribution in [0.1, 0.15) is 0 Å². The van der Waals surface area contributed by atoms with Crippen LogP contribution in [-0.4, -0.2) is 41.9 Å². The molecule has 2 aromatic carbocycles. The fraction of sp³-hybridized carbons (Fsp3) is 0. The van der Waals surface area contributed by atoms with E-state index in [9.17, 15) is 8.78 Å². The summed E-state index contributed by atoms with van der Waals surface area (Å²) in [5, 5.41) is 0. The van der Waals surface area contributed by atoms with Crippen molar-refractivity contribution in [3.05, 3.63) is 60.2 Å². The third-order valence-corrected chi connectivity index (χ3v) is 7.58. The number of rotatable bonds is 2. The topological polar surface area (TPSA) is 31.5 Å². The molecule has 2 aromatic rings. The highest BCUT2D eigenvalue weighted by molar-refractivity contribution is 9.23. The molecular weight excluding hydrogens is 407 g/mol. The molecule has 0 aliphatic carbocycles. The highest BCUT2D eigenvalue weighted by Crippen LogP contribution is 1.93. The van der Waals surface area contributed by atoms with Gasteiger partial charge in [-0.2, -0.15) is 7.39 Å².